The van der Waals surface area contributed by atoms with Crippen molar-refractivity contribution < 1.29 is 9.90 Å². The van der Waals surface area contributed by atoms with E-state index in [0.29, 0.717) is 18.1 Å². The molecule has 2 N–H and O–H groups in total. The topological polar surface area (TPSA) is 75.1 Å². The highest BCUT2D eigenvalue weighted by Gasteiger charge is 2.16. The van der Waals surface area contributed by atoms with Crippen molar-refractivity contribution in [3.8, 4) is 10.7 Å². The quantitative estimate of drug-likeness (QED) is 0.879. The fraction of sp³-hybridized carbons (Fsp3) is 0.308. The van der Waals surface area contributed by atoms with Crippen molar-refractivity contribution >= 4 is 23.1 Å². The van der Waals surface area contributed by atoms with Crippen LogP contribution in [0.15, 0.2) is 23.6 Å². The third kappa shape index (κ3) is 3.29. The lowest BCUT2D eigenvalue weighted by atomic mass is 10.2. The van der Waals surface area contributed by atoms with Crippen LogP contribution in [-0.2, 0) is 4.79 Å². The van der Waals surface area contributed by atoms with Crippen molar-refractivity contribution in [1.82, 2.24) is 9.97 Å². The number of carboxylic acids is 1. The van der Waals surface area contributed by atoms with E-state index in [1.165, 1.54) is 0 Å². The molecule has 100 valence electrons. The van der Waals surface area contributed by atoms with Crippen LogP contribution >= 0.6 is 11.3 Å². The number of nitrogens with zero attached hydrogens (tertiary/aromatic N) is 2. The number of hydrogen-bond acceptors (Lipinski definition) is 5. The third-order valence-corrected chi connectivity index (χ3v) is 3.49. The number of anilines is 1. The lowest BCUT2D eigenvalue weighted by molar-refractivity contribution is -0.137. The van der Waals surface area contributed by atoms with Crippen LogP contribution in [0.3, 0.4) is 0 Å². The number of thiophene rings is 1. The molecule has 0 aliphatic heterocycles. The van der Waals surface area contributed by atoms with Gasteiger partial charge in [0.05, 0.1) is 4.88 Å². The molecule has 0 saturated heterocycles. The number of carboxylic acid groups (broad SMARTS) is 1. The highest BCUT2D eigenvalue weighted by molar-refractivity contribution is 7.13. The second-order valence-corrected chi connectivity index (χ2v) is 5.09. The Morgan fingerprint density at radius 1 is 1.53 bits per heavy atom. The maximum Gasteiger partial charge on any atom is 0.326 e. The van der Waals surface area contributed by atoms with Crippen LogP contribution in [-0.4, -0.2) is 27.1 Å². The minimum absolute atomic E-state index is 0.493. The summed E-state index contributed by atoms with van der Waals surface area (Å²) in [6, 6.07) is 5.00. The predicted molar refractivity (Wildman–Crippen MR) is 75.4 cm³/mol. The maximum atomic E-state index is 11.0. The van der Waals surface area contributed by atoms with Gasteiger partial charge in [-0.15, -0.1) is 11.3 Å². The Kier molecular flexibility index (Phi) is 4.11. The highest BCUT2D eigenvalue weighted by Crippen LogP contribution is 2.23. The van der Waals surface area contributed by atoms with Crippen LogP contribution in [0.5, 0.6) is 0 Å². The summed E-state index contributed by atoms with van der Waals surface area (Å²) < 4.78 is 0. The number of carbonyl (C=O) groups is 1. The summed E-state index contributed by atoms with van der Waals surface area (Å²) in [5.41, 5.74) is 0.807. The average Bonchev–Trinajstić information content (AvgIpc) is 2.88. The summed E-state index contributed by atoms with van der Waals surface area (Å²) >= 11 is 1.56. The number of hydrogen-bond donors (Lipinski definition) is 2. The molecule has 0 aliphatic rings. The smallest absolute Gasteiger partial charge is 0.326 e. The number of aliphatic carboxylic acids is 1. The molecule has 0 aliphatic carbocycles. The van der Waals surface area contributed by atoms with Crippen LogP contribution < -0.4 is 5.32 Å². The molecule has 2 rings (SSSR count). The average molecular weight is 277 g/mol. The summed E-state index contributed by atoms with van der Waals surface area (Å²) in [7, 11) is 0. The van der Waals surface area contributed by atoms with Crippen molar-refractivity contribution in [1.29, 1.82) is 0 Å². The fourth-order valence-corrected chi connectivity index (χ4v) is 2.33. The first kappa shape index (κ1) is 13.5. The van der Waals surface area contributed by atoms with Crippen LogP contribution in [0.2, 0.25) is 0 Å². The van der Waals surface area contributed by atoms with E-state index in [-0.39, 0.29) is 0 Å². The molecule has 5 nitrogen and oxygen atoms in total. The van der Waals surface area contributed by atoms with Gasteiger partial charge >= 0.3 is 5.97 Å². The van der Waals surface area contributed by atoms with E-state index in [4.69, 9.17) is 5.11 Å². The van der Waals surface area contributed by atoms with E-state index < -0.39 is 12.0 Å². The molecule has 0 aromatic carbocycles. The Balaban J connectivity index is 2.29. The van der Waals surface area contributed by atoms with Gasteiger partial charge < -0.3 is 10.4 Å². The third-order valence-electron chi connectivity index (χ3n) is 2.62. The number of aryl methyl sites for hydroxylation is 1. The van der Waals surface area contributed by atoms with Crippen LogP contribution in [0.4, 0.5) is 5.82 Å². The zero-order valence-electron chi connectivity index (χ0n) is 10.8. The Morgan fingerprint density at radius 2 is 2.32 bits per heavy atom. The second kappa shape index (κ2) is 5.79. The number of nitrogens with one attached hydrogen (secondary N) is 1. The first-order valence-corrected chi connectivity index (χ1v) is 6.87. The molecule has 0 fully saturated rings. The van der Waals surface area contributed by atoms with Gasteiger partial charge in [0.25, 0.3) is 0 Å². The van der Waals surface area contributed by atoms with Crippen LogP contribution in [0.1, 0.15) is 19.0 Å². The minimum Gasteiger partial charge on any atom is -0.480 e. The summed E-state index contributed by atoms with van der Waals surface area (Å²) in [4.78, 5) is 20.7. The molecular formula is C13H15N3O2S. The molecule has 19 heavy (non-hydrogen) atoms. The maximum absolute atomic E-state index is 11.0. The van der Waals surface area contributed by atoms with E-state index in [9.17, 15) is 4.79 Å². The summed E-state index contributed by atoms with van der Waals surface area (Å²) in [5, 5.41) is 13.9. The van der Waals surface area contributed by atoms with Gasteiger partial charge in [-0.05, 0) is 24.8 Å². The summed E-state index contributed by atoms with van der Waals surface area (Å²) in [6.45, 7) is 3.69. The molecule has 0 saturated carbocycles. The molecule has 0 amide bonds. The molecule has 1 atom stereocenters. The molecule has 0 unspecified atom stereocenters. The van der Waals surface area contributed by atoms with Crippen LogP contribution in [0.25, 0.3) is 10.7 Å². The molecule has 0 spiro atoms. The van der Waals surface area contributed by atoms with Gasteiger partial charge in [-0.3, -0.25) is 0 Å². The molecule has 2 heterocycles. The first-order valence-electron chi connectivity index (χ1n) is 5.99. The van der Waals surface area contributed by atoms with E-state index in [0.717, 1.165) is 10.6 Å². The Hall–Kier alpha value is -1.95. The molecule has 0 radical (unpaired) electrons. The van der Waals surface area contributed by atoms with E-state index in [1.807, 2.05) is 31.4 Å². The summed E-state index contributed by atoms with van der Waals surface area (Å²) in [5.74, 6) is 0.291. The van der Waals surface area contributed by atoms with Crippen molar-refractivity contribution in [2.75, 3.05) is 5.32 Å². The van der Waals surface area contributed by atoms with Gasteiger partial charge in [-0.1, -0.05) is 13.0 Å². The fourth-order valence-electron chi connectivity index (χ4n) is 1.68. The predicted octanol–water partition coefficient (Wildman–Crippen LogP) is 2.79. The van der Waals surface area contributed by atoms with E-state index >= 15 is 0 Å². The van der Waals surface area contributed by atoms with Gasteiger partial charge in [0.2, 0.25) is 0 Å². The van der Waals surface area contributed by atoms with Gasteiger partial charge in [-0.25, -0.2) is 14.8 Å². The Bertz CT molecular complexity index is 569. The normalized spacial score (nSPS) is 12.1. The molecular weight excluding hydrogens is 262 g/mol. The zero-order valence-corrected chi connectivity index (χ0v) is 11.6. The standard InChI is InChI=1S/C13H15N3O2S/c1-3-9(13(17)18)15-11-7-8(2)14-12(16-11)10-5-4-6-19-10/h4-7,9H,3H2,1-2H3,(H,17,18)(H,14,15,16)/t9-/m1/s1. The van der Waals surface area contributed by atoms with Gasteiger partial charge in [0, 0.05) is 11.8 Å². The van der Waals surface area contributed by atoms with Gasteiger partial charge in [0.1, 0.15) is 11.9 Å². The largest absolute Gasteiger partial charge is 0.480 e. The minimum atomic E-state index is -0.878. The highest BCUT2D eigenvalue weighted by atomic mass is 32.1. The zero-order chi connectivity index (χ0) is 13.8. The molecule has 0 bridgehead atoms. The first-order chi connectivity index (χ1) is 9.10. The Morgan fingerprint density at radius 3 is 2.89 bits per heavy atom. The van der Waals surface area contributed by atoms with Gasteiger partial charge in [0.15, 0.2) is 5.82 Å². The van der Waals surface area contributed by atoms with Crippen molar-refractivity contribution in [3.05, 3.63) is 29.3 Å². The second-order valence-electron chi connectivity index (χ2n) is 4.14. The van der Waals surface area contributed by atoms with Crippen molar-refractivity contribution in [2.24, 2.45) is 0 Å². The lowest BCUT2D eigenvalue weighted by Gasteiger charge is -2.13. The number of rotatable bonds is 5. The molecule has 2 aromatic heterocycles. The Labute approximate surface area is 115 Å². The van der Waals surface area contributed by atoms with E-state index in [1.54, 1.807) is 17.4 Å². The van der Waals surface area contributed by atoms with Gasteiger partial charge in [-0.2, -0.15) is 0 Å². The number of aromatic nitrogens is 2. The van der Waals surface area contributed by atoms with E-state index in [2.05, 4.69) is 15.3 Å². The lowest BCUT2D eigenvalue weighted by Crippen LogP contribution is -2.28. The van der Waals surface area contributed by atoms with Crippen molar-refractivity contribution in [2.45, 2.75) is 26.3 Å². The monoisotopic (exact) mass is 277 g/mol. The van der Waals surface area contributed by atoms with Crippen LogP contribution in [0, 0.1) is 6.92 Å². The molecule has 6 heteroatoms. The van der Waals surface area contributed by atoms with Crippen molar-refractivity contribution in [3.63, 3.8) is 0 Å². The summed E-state index contributed by atoms with van der Waals surface area (Å²) in [6.07, 6.45) is 0.493. The SMILES string of the molecule is CC[C@@H](Nc1cc(C)nc(-c2cccs2)n1)C(=O)O. The molecule has 2 aromatic rings.